The summed E-state index contributed by atoms with van der Waals surface area (Å²) >= 11 is 0. The summed E-state index contributed by atoms with van der Waals surface area (Å²) in [6.45, 7) is 0.991. The molecule has 0 spiro atoms. The van der Waals surface area contributed by atoms with Gasteiger partial charge < -0.3 is 14.9 Å². The molecule has 1 N–H and O–H groups in total. The maximum Gasteiger partial charge on any atom is 0.140 e. The first kappa shape index (κ1) is 12.6. The minimum absolute atomic E-state index is 0.160. The van der Waals surface area contributed by atoms with E-state index in [1.165, 1.54) is 0 Å². The van der Waals surface area contributed by atoms with Gasteiger partial charge in [0, 0.05) is 38.9 Å². The van der Waals surface area contributed by atoms with Crippen molar-refractivity contribution < 1.29 is 5.11 Å². The lowest BCUT2D eigenvalue weighted by Gasteiger charge is -2.24. The molecule has 4 heteroatoms. The summed E-state index contributed by atoms with van der Waals surface area (Å²) in [4.78, 5) is 4.04. The van der Waals surface area contributed by atoms with Crippen molar-refractivity contribution in [1.82, 2.24) is 0 Å². The highest BCUT2D eigenvalue weighted by Gasteiger charge is 2.22. The van der Waals surface area contributed by atoms with Crippen LogP contribution in [0.25, 0.3) is 0 Å². The molecule has 0 unspecified atom stereocenters. The van der Waals surface area contributed by atoms with Crippen LogP contribution in [0.5, 0.6) is 5.75 Å². The highest BCUT2D eigenvalue weighted by molar-refractivity contribution is 5.76. The molecule has 0 radical (unpaired) electrons. The monoisotopic (exact) mass is 245 g/mol. The maximum absolute atomic E-state index is 10.3. The van der Waals surface area contributed by atoms with Crippen LogP contribution in [0.1, 0.15) is 24.0 Å². The standard InChI is InChI=1S/C14H19N3O/c1-16(2)12-8-13-10(14(18)11(12)9-15)6-4-5-7-17(13)3/h8,18H,4-7H2,1-3H3. The van der Waals surface area contributed by atoms with Gasteiger partial charge >= 0.3 is 0 Å². The summed E-state index contributed by atoms with van der Waals surface area (Å²) < 4.78 is 0. The minimum atomic E-state index is 0.160. The van der Waals surface area contributed by atoms with Crippen LogP contribution in [0.3, 0.4) is 0 Å². The molecule has 1 aliphatic rings. The lowest BCUT2D eigenvalue weighted by atomic mass is 10.0. The zero-order valence-electron chi connectivity index (χ0n) is 11.2. The van der Waals surface area contributed by atoms with Crippen LogP contribution in [0.15, 0.2) is 6.07 Å². The predicted molar refractivity (Wildman–Crippen MR) is 73.4 cm³/mol. The van der Waals surface area contributed by atoms with Gasteiger partial charge in [0.25, 0.3) is 0 Å². The lowest BCUT2D eigenvalue weighted by Crippen LogP contribution is -2.19. The Hall–Kier alpha value is -1.89. The van der Waals surface area contributed by atoms with Crippen LogP contribution in [0.4, 0.5) is 11.4 Å². The van der Waals surface area contributed by atoms with E-state index in [0.717, 1.165) is 42.7 Å². The molecule has 0 saturated carbocycles. The number of phenols is 1. The molecule has 1 aromatic rings. The number of phenolic OH excluding ortho intramolecular Hbond substituents is 1. The Morgan fingerprint density at radius 1 is 1.39 bits per heavy atom. The zero-order valence-corrected chi connectivity index (χ0v) is 11.2. The second-order valence-electron chi connectivity index (χ2n) is 5.00. The highest BCUT2D eigenvalue weighted by Crippen LogP contribution is 2.40. The molecule has 0 saturated heterocycles. The second kappa shape index (κ2) is 4.77. The van der Waals surface area contributed by atoms with Crippen LogP contribution < -0.4 is 9.80 Å². The maximum atomic E-state index is 10.3. The third-order valence-electron chi connectivity index (χ3n) is 3.54. The fraction of sp³-hybridized carbons (Fsp3) is 0.500. The number of nitrogens with zero attached hydrogens (tertiary/aromatic N) is 3. The van der Waals surface area contributed by atoms with Crippen molar-refractivity contribution in [3.63, 3.8) is 0 Å². The summed E-state index contributed by atoms with van der Waals surface area (Å²) in [7, 11) is 5.81. The molecule has 0 aliphatic carbocycles. The first-order valence-electron chi connectivity index (χ1n) is 6.23. The molecule has 1 aromatic carbocycles. The van der Waals surface area contributed by atoms with Crippen LogP contribution >= 0.6 is 0 Å². The normalized spacial score (nSPS) is 14.7. The van der Waals surface area contributed by atoms with E-state index in [4.69, 9.17) is 0 Å². The van der Waals surface area contributed by atoms with E-state index in [9.17, 15) is 10.4 Å². The molecular formula is C14H19N3O. The molecule has 0 amide bonds. The summed E-state index contributed by atoms with van der Waals surface area (Å²) in [6, 6.07) is 4.13. The van der Waals surface area contributed by atoms with Crippen molar-refractivity contribution >= 4 is 11.4 Å². The summed E-state index contributed by atoms with van der Waals surface area (Å²) in [5.41, 5.74) is 3.13. The number of hydrogen-bond acceptors (Lipinski definition) is 4. The van der Waals surface area contributed by atoms with Crippen LogP contribution in [-0.2, 0) is 6.42 Å². The van der Waals surface area contributed by atoms with Crippen molar-refractivity contribution in [3.05, 3.63) is 17.2 Å². The molecule has 18 heavy (non-hydrogen) atoms. The van der Waals surface area contributed by atoms with Crippen molar-refractivity contribution in [3.8, 4) is 11.8 Å². The molecule has 0 bridgehead atoms. The Balaban J connectivity index is 2.68. The van der Waals surface area contributed by atoms with Crippen molar-refractivity contribution in [2.75, 3.05) is 37.5 Å². The van der Waals surface area contributed by atoms with Crippen molar-refractivity contribution in [2.24, 2.45) is 0 Å². The van der Waals surface area contributed by atoms with Crippen LogP contribution in [-0.4, -0.2) is 32.8 Å². The van der Waals surface area contributed by atoms with Gasteiger partial charge in [0.2, 0.25) is 0 Å². The number of nitriles is 1. The molecular weight excluding hydrogens is 226 g/mol. The number of fused-ring (bicyclic) bond motifs is 1. The van der Waals surface area contributed by atoms with Gasteiger partial charge in [-0.1, -0.05) is 0 Å². The average molecular weight is 245 g/mol. The second-order valence-corrected chi connectivity index (χ2v) is 5.00. The molecule has 1 aliphatic heterocycles. The molecule has 4 nitrogen and oxygen atoms in total. The predicted octanol–water partition coefficient (Wildman–Crippen LogP) is 2.10. The molecule has 0 aromatic heterocycles. The summed E-state index contributed by atoms with van der Waals surface area (Å²) in [5.74, 6) is 0.160. The van der Waals surface area contributed by atoms with Crippen molar-refractivity contribution in [2.45, 2.75) is 19.3 Å². The highest BCUT2D eigenvalue weighted by atomic mass is 16.3. The minimum Gasteiger partial charge on any atom is -0.506 e. The average Bonchev–Trinajstić information content (AvgIpc) is 2.52. The summed E-state index contributed by atoms with van der Waals surface area (Å²) in [6.07, 6.45) is 3.01. The Morgan fingerprint density at radius 3 is 2.72 bits per heavy atom. The topological polar surface area (TPSA) is 50.5 Å². The Kier molecular flexibility index (Phi) is 3.33. The van der Waals surface area contributed by atoms with Gasteiger partial charge in [0.15, 0.2) is 0 Å². The number of rotatable bonds is 1. The van der Waals surface area contributed by atoms with E-state index in [2.05, 4.69) is 11.0 Å². The van der Waals surface area contributed by atoms with E-state index in [1.54, 1.807) is 0 Å². The molecule has 1 heterocycles. The van der Waals surface area contributed by atoms with Gasteiger partial charge in [-0.25, -0.2) is 0 Å². The van der Waals surface area contributed by atoms with Crippen LogP contribution in [0, 0.1) is 11.3 Å². The fourth-order valence-corrected chi connectivity index (χ4v) is 2.50. The van der Waals surface area contributed by atoms with E-state index in [-0.39, 0.29) is 5.75 Å². The smallest absolute Gasteiger partial charge is 0.140 e. The fourth-order valence-electron chi connectivity index (χ4n) is 2.50. The lowest BCUT2D eigenvalue weighted by molar-refractivity contribution is 0.466. The first-order valence-corrected chi connectivity index (χ1v) is 6.23. The van der Waals surface area contributed by atoms with Gasteiger partial charge in [-0.2, -0.15) is 5.26 Å². The number of hydrogen-bond donors (Lipinski definition) is 1. The first-order chi connectivity index (χ1) is 8.56. The van der Waals surface area contributed by atoms with Gasteiger partial charge in [-0.15, -0.1) is 0 Å². The third kappa shape index (κ3) is 1.97. The Morgan fingerprint density at radius 2 is 2.11 bits per heavy atom. The van der Waals surface area contributed by atoms with E-state index >= 15 is 0 Å². The van der Waals surface area contributed by atoms with Gasteiger partial charge in [0.1, 0.15) is 17.4 Å². The molecule has 2 rings (SSSR count). The van der Waals surface area contributed by atoms with Crippen LogP contribution in [0.2, 0.25) is 0 Å². The van der Waals surface area contributed by atoms with Gasteiger partial charge in [-0.3, -0.25) is 0 Å². The quantitative estimate of drug-likeness (QED) is 0.823. The molecule has 96 valence electrons. The number of aromatic hydroxyl groups is 1. The molecule has 0 fully saturated rings. The zero-order chi connectivity index (χ0) is 13.3. The molecule has 0 atom stereocenters. The SMILES string of the molecule is CN(C)c1cc2c(c(O)c1C#N)CCCCN2C. The van der Waals surface area contributed by atoms with E-state index in [1.807, 2.05) is 32.1 Å². The van der Waals surface area contributed by atoms with Gasteiger partial charge in [-0.05, 0) is 25.3 Å². The van der Waals surface area contributed by atoms with E-state index in [0.29, 0.717) is 5.56 Å². The summed E-state index contributed by atoms with van der Waals surface area (Å²) in [5, 5.41) is 19.6. The third-order valence-corrected chi connectivity index (χ3v) is 3.54. The Bertz CT molecular complexity index is 503. The van der Waals surface area contributed by atoms with Gasteiger partial charge in [0.05, 0.1) is 5.69 Å². The Labute approximate surface area is 108 Å². The van der Waals surface area contributed by atoms with Crippen molar-refractivity contribution in [1.29, 1.82) is 5.26 Å². The number of benzene rings is 1. The number of anilines is 2. The van der Waals surface area contributed by atoms with E-state index < -0.39 is 0 Å². The largest absolute Gasteiger partial charge is 0.506 e.